The van der Waals surface area contributed by atoms with E-state index in [1.807, 2.05) is 11.4 Å². The minimum absolute atomic E-state index is 0.174. The number of carbonyl (C=O) groups excluding carboxylic acids is 1. The Morgan fingerprint density at radius 1 is 1.47 bits per heavy atom. The highest BCUT2D eigenvalue weighted by atomic mass is 32.1. The van der Waals surface area contributed by atoms with Gasteiger partial charge in [0.25, 0.3) is 5.91 Å². The SMILES string of the molecule is Nc1c(C(=O)NCc2cscn2)sc2cnccc12. The molecule has 0 radical (unpaired) electrons. The number of amides is 1. The molecule has 3 aromatic rings. The summed E-state index contributed by atoms with van der Waals surface area (Å²) in [7, 11) is 0. The molecule has 0 aromatic carbocycles. The van der Waals surface area contributed by atoms with Gasteiger partial charge in [0.1, 0.15) is 4.88 Å². The molecule has 0 unspecified atom stereocenters. The fourth-order valence-corrected chi connectivity index (χ4v) is 3.28. The second-order valence-corrected chi connectivity index (χ2v) is 5.65. The largest absolute Gasteiger partial charge is 0.397 e. The lowest BCUT2D eigenvalue weighted by molar-refractivity contribution is 0.0955. The summed E-state index contributed by atoms with van der Waals surface area (Å²) in [4.78, 5) is 20.8. The van der Waals surface area contributed by atoms with Crippen LogP contribution in [0.3, 0.4) is 0 Å². The minimum atomic E-state index is -0.174. The number of nitrogens with zero attached hydrogens (tertiary/aromatic N) is 2. The van der Waals surface area contributed by atoms with Crippen molar-refractivity contribution in [2.45, 2.75) is 6.54 Å². The first-order valence-corrected chi connectivity index (χ1v) is 7.29. The normalized spacial score (nSPS) is 10.7. The molecule has 0 aliphatic heterocycles. The highest BCUT2D eigenvalue weighted by molar-refractivity contribution is 7.21. The molecule has 0 saturated heterocycles. The van der Waals surface area contributed by atoms with E-state index in [0.717, 1.165) is 15.8 Å². The molecular formula is C12H10N4OS2. The van der Waals surface area contributed by atoms with E-state index >= 15 is 0 Å². The Hall–Kier alpha value is -1.99. The maximum Gasteiger partial charge on any atom is 0.263 e. The Balaban J connectivity index is 1.83. The number of nitrogens with two attached hydrogens (primary N) is 1. The summed E-state index contributed by atoms with van der Waals surface area (Å²) in [6.45, 7) is 0.411. The molecular weight excluding hydrogens is 280 g/mol. The molecule has 1 amide bonds. The smallest absolute Gasteiger partial charge is 0.263 e. The van der Waals surface area contributed by atoms with Gasteiger partial charge in [0.15, 0.2) is 0 Å². The van der Waals surface area contributed by atoms with E-state index < -0.39 is 0 Å². The van der Waals surface area contributed by atoms with Gasteiger partial charge in [-0.25, -0.2) is 4.98 Å². The predicted octanol–water partition coefficient (Wildman–Crippen LogP) is 2.26. The van der Waals surface area contributed by atoms with Crippen LogP contribution in [0.25, 0.3) is 10.1 Å². The van der Waals surface area contributed by atoms with Crippen molar-refractivity contribution in [2.24, 2.45) is 0 Å². The van der Waals surface area contributed by atoms with Gasteiger partial charge < -0.3 is 11.1 Å². The van der Waals surface area contributed by atoms with Crippen molar-refractivity contribution < 1.29 is 4.79 Å². The Morgan fingerprint density at radius 3 is 3.11 bits per heavy atom. The van der Waals surface area contributed by atoms with Crippen LogP contribution >= 0.6 is 22.7 Å². The number of hydrogen-bond donors (Lipinski definition) is 2. The molecule has 0 aliphatic rings. The molecule has 5 nitrogen and oxygen atoms in total. The van der Waals surface area contributed by atoms with Gasteiger partial charge in [-0.1, -0.05) is 0 Å². The molecule has 7 heteroatoms. The predicted molar refractivity (Wildman–Crippen MR) is 77.3 cm³/mol. The van der Waals surface area contributed by atoms with Crippen LogP contribution < -0.4 is 11.1 Å². The van der Waals surface area contributed by atoms with Crippen molar-refractivity contribution in [3.63, 3.8) is 0 Å². The minimum Gasteiger partial charge on any atom is -0.397 e. The molecule has 3 heterocycles. The van der Waals surface area contributed by atoms with E-state index in [-0.39, 0.29) is 5.91 Å². The number of thiazole rings is 1. The number of anilines is 1. The Kier molecular flexibility index (Phi) is 3.14. The summed E-state index contributed by atoms with van der Waals surface area (Å²) >= 11 is 2.85. The summed E-state index contributed by atoms with van der Waals surface area (Å²) in [5, 5.41) is 5.59. The van der Waals surface area contributed by atoms with Crippen molar-refractivity contribution in [2.75, 3.05) is 5.73 Å². The van der Waals surface area contributed by atoms with Crippen molar-refractivity contribution in [1.29, 1.82) is 0 Å². The van der Waals surface area contributed by atoms with Crippen molar-refractivity contribution in [3.05, 3.63) is 39.9 Å². The van der Waals surface area contributed by atoms with Crippen molar-refractivity contribution >= 4 is 44.4 Å². The van der Waals surface area contributed by atoms with Crippen LogP contribution in [0.4, 0.5) is 5.69 Å². The van der Waals surface area contributed by atoms with Crippen LogP contribution in [-0.2, 0) is 6.54 Å². The second-order valence-electron chi connectivity index (χ2n) is 3.88. The number of aromatic nitrogens is 2. The highest BCUT2D eigenvalue weighted by Gasteiger charge is 2.16. The number of nitrogen functional groups attached to an aromatic ring is 1. The number of carbonyl (C=O) groups is 1. The molecule has 3 N–H and O–H groups in total. The molecule has 19 heavy (non-hydrogen) atoms. The first-order valence-electron chi connectivity index (χ1n) is 5.53. The fourth-order valence-electron chi connectivity index (χ4n) is 1.72. The number of fused-ring (bicyclic) bond motifs is 1. The fraction of sp³-hybridized carbons (Fsp3) is 0.0833. The standard InChI is InChI=1S/C12H10N4OS2/c13-10-8-1-2-14-4-9(8)19-11(10)12(17)15-3-7-5-18-6-16-7/h1-2,4-6H,3,13H2,(H,15,17). The zero-order valence-electron chi connectivity index (χ0n) is 9.79. The number of nitrogens with one attached hydrogen (secondary N) is 1. The molecule has 3 rings (SSSR count). The zero-order valence-corrected chi connectivity index (χ0v) is 11.4. The second kappa shape index (κ2) is 4.94. The van der Waals surface area contributed by atoms with Crippen LogP contribution in [0.2, 0.25) is 0 Å². The van der Waals surface area contributed by atoms with Gasteiger partial charge in [-0.3, -0.25) is 9.78 Å². The number of hydrogen-bond acceptors (Lipinski definition) is 6. The van der Waals surface area contributed by atoms with E-state index in [9.17, 15) is 4.79 Å². The molecule has 96 valence electrons. The van der Waals surface area contributed by atoms with E-state index in [1.54, 1.807) is 17.9 Å². The summed E-state index contributed by atoms with van der Waals surface area (Å²) in [6.07, 6.45) is 3.38. The van der Waals surface area contributed by atoms with E-state index in [4.69, 9.17) is 5.73 Å². The first kappa shape index (κ1) is 12.1. The van der Waals surface area contributed by atoms with E-state index in [0.29, 0.717) is 17.1 Å². The summed E-state index contributed by atoms with van der Waals surface area (Å²) in [5.74, 6) is -0.174. The Bertz CT molecular complexity index is 720. The van der Waals surface area contributed by atoms with Crippen LogP contribution in [0.5, 0.6) is 0 Å². The average Bonchev–Trinajstić information content (AvgIpc) is 3.05. The van der Waals surface area contributed by atoms with E-state index in [2.05, 4.69) is 15.3 Å². The van der Waals surface area contributed by atoms with Gasteiger partial charge >= 0.3 is 0 Å². The number of rotatable bonds is 3. The van der Waals surface area contributed by atoms with Gasteiger partial charge in [-0.15, -0.1) is 22.7 Å². The maximum atomic E-state index is 12.1. The third kappa shape index (κ3) is 2.29. The Morgan fingerprint density at radius 2 is 2.37 bits per heavy atom. The molecule has 0 spiro atoms. The monoisotopic (exact) mass is 290 g/mol. The lowest BCUT2D eigenvalue weighted by Crippen LogP contribution is -2.22. The molecule has 0 atom stereocenters. The summed E-state index contributed by atoms with van der Waals surface area (Å²) in [5.41, 5.74) is 9.09. The molecule has 0 bridgehead atoms. The maximum absolute atomic E-state index is 12.1. The van der Waals surface area contributed by atoms with Gasteiger partial charge in [-0.2, -0.15) is 0 Å². The Labute approximate surface area is 117 Å². The van der Waals surface area contributed by atoms with E-state index in [1.165, 1.54) is 22.7 Å². The highest BCUT2D eigenvalue weighted by Crippen LogP contribution is 2.32. The number of pyridine rings is 1. The van der Waals surface area contributed by atoms with Crippen LogP contribution in [0.15, 0.2) is 29.4 Å². The van der Waals surface area contributed by atoms with Crippen molar-refractivity contribution in [1.82, 2.24) is 15.3 Å². The molecule has 3 aromatic heterocycles. The third-order valence-corrected chi connectivity index (χ3v) is 4.44. The van der Waals surface area contributed by atoms with Gasteiger partial charge in [-0.05, 0) is 6.07 Å². The first-order chi connectivity index (χ1) is 9.25. The number of thiophene rings is 1. The summed E-state index contributed by atoms with van der Waals surface area (Å²) < 4.78 is 0.916. The lowest BCUT2D eigenvalue weighted by Gasteiger charge is -2.01. The average molecular weight is 290 g/mol. The molecule has 0 fully saturated rings. The van der Waals surface area contributed by atoms with Crippen molar-refractivity contribution in [3.8, 4) is 0 Å². The molecule has 0 aliphatic carbocycles. The van der Waals surface area contributed by atoms with Crippen LogP contribution in [-0.4, -0.2) is 15.9 Å². The van der Waals surface area contributed by atoms with Gasteiger partial charge in [0.05, 0.1) is 28.1 Å². The third-order valence-electron chi connectivity index (χ3n) is 2.65. The topological polar surface area (TPSA) is 80.9 Å². The zero-order chi connectivity index (χ0) is 13.2. The molecule has 0 saturated carbocycles. The van der Waals surface area contributed by atoms with Crippen LogP contribution in [0, 0.1) is 0 Å². The summed E-state index contributed by atoms with van der Waals surface area (Å²) in [6, 6.07) is 1.82. The lowest BCUT2D eigenvalue weighted by atomic mass is 10.2. The van der Waals surface area contributed by atoms with Gasteiger partial charge in [0, 0.05) is 23.2 Å². The van der Waals surface area contributed by atoms with Gasteiger partial charge in [0.2, 0.25) is 0 Å². The quantitative estimate of drug-likeness (QED) is 0.775. The van der Waals surface area contributed by atoms with Crippen LogP contribution in [0.1, 0.15) is 15.4 Å².